The predicted molar refractivity (Wildman–Crippen MR) is 85.3 cm³/mol. The van der Waals surface area contributed by atoms with E-state index in [0.29, 0.717) is 31.2 Å². The highest BCUT2D eigenvalue weighted by molar-refractivity contribution is 6.00. The van der Waals surface area contributed by atoms with Gasteiger partial charge in [0.05, 0.1) is 14.2 Å². The molecule has 25 heavy (non-hydrogen) atoms. The molecule has 1 saturated heterocycles. The Labute approximate surface area is 144 Å². The van der Waals surface area contributed by atoms with Crippen LogP contribution in [0.2, 0.25) is 0 Å². The zero-order valence-electron chi connectivity index (χ0n) is 14.2. The molecule has 9 heteroatoms. The highest BCUT2D eigenvalue weighted by atomic mass is 16.5. The third kappa shape index (κ3) is 3.12. The molecular weight excluding hydrogens is 328 g/mol. The molecule has 1 aliphatic heterocycles. The minimum atomic E-state index is -0.386. The molecule has 0 spiro atoms. The summed E-state index contributed by atoms with van der Waals surface area (Å²) in [6.45, 7) is 2.53. The summed E-state index contributed by atoms with van der Waals surface area (Å²) >= 11 is 0. The van der Waals surface area contributed by atoms with Gasteiger partial charge in [-0.25, -0.2) is 10.0 Å². The van der Waals surface area contributed by atoms with E-state index in [-0.39, 0.29) is 29.0 Å². The first-order valence-corrected chi connectivity index (χ1v) is 7.71. The van der Waals surface area contributed by atoms with Gasteiger partial charge >= 0.3 is 0 Å². The number of carbonyl (C=O) groups is 2. The molecule has 9 nitrogen and oxygen atoms in total. The second-order valence-electron chi connectivity index (χ2n) is 5.44. The van der Waals surface area contributed by atoms with Crippen LogP contribution >= 0.6 is 0 Å². The van der Waals surface area contributed by atoms with Crippen LogP contribution in [0.4, 0.5) is 0 Å². The maximum atomic E-state index is 12.9. The van der Waals surface area contributed by atoms with Crippen molar-refractivity contribution in [3.8, 4) is 11.8 Å². The maximum Gasteiger partial charge on any atom is 0.294 e. The van der Waals surface area contributed by atoms with Gasteiger partial charge in [-0.1, -0.05) is 5.16 Å². The fourth-order valence-electron chi connectivity index (χ4n) is 2.63. The van der Waals surface area contributed by atoms with E-state index in [0.717, 1.165) is 0 Å². The highest BCUT2D eigenvalue weighted by Gasteiger charge is 2.34. The molecular formula is C16H18N4O5. The summed E-state index contributed by atoms with van der Waals surface area (Å²) in [7, 11) is 2.90. The minimum Gasteiger partial charge on any atom is -0.481 e. The fraction of sp³-hybridized carbons (Fsp3) is 0.375. The molecule has 2 amide bonds. The SMILES string of the molecule is COc1ccc(C(=O)N2CCCN2C(=O)c2cc(C)on2)c(OC)n1. The average molecular weight is 346 g/mol. The molecule has 1 fully saturated rings. The Morgan fingerprint density at radius 1 is 1.12 bits per heavy atom. The van der Waals surface area contributed by atoms with E-state index in [4.69, 9.17) is 14.0 Å². The van der Waals surface area contributed by atoms with Crippen LogP contribution in [-0.4, -0.2) is 59.3 Å². The summed E-state index contributed by atoms with van der Waals surface area (Å²) in [6.07, 6.45) is 0.667. The molecule has 1 aliphatic rings. The molecule has 3 heterocycles. The number of ether oxygens (including phenoxy) is 2. The van der Waals surface area contributed by atoms with Gasteiger partial charge in [-0.05, 0) is 19.4 Å². The second kappa shape index (κ2) is 6.80. The van der Waals surface area contributed by atoms with Crippen LogP contribution in [0, 0.1) is 6.92 Å². The van der Waals surface area contributed by atoms with Gasteiger partial charge in [0.2, 0.25) is 11.8 Å². The summed E-state index contributed by atoms with van der Waals surface area (Å²) in [4.78, 5) is 29.6. The van der Waals surface area contributed by atoms with Gasteiger partial charge in [0.1, 0.15) is 11.3 Å². The zero-order valence-corrected chi connectivity index (χ0v) is 14.2. The van der Waals surface area contributed by atoms with Crippen molar-refractivity contribution in [2.75, 3.05) is 27.3 Å². The second-order valence-corrected chi connectivity index (χ2v) is 5.44. The summed E-state index contributed by atoms with van der Waals surface area (Å²) < 4.78 is 15.2. The Morgan fingerprint density at radius 3 is 2.44 bits per heavy atom. The van der Waals surface area contributed by atoms with Gasteiger partial charge in [-0.2, -0.15) is 4.98 Å². The van der Waals surface area contributed by atoms with Crippen LogP contribution in [0.1, 0.15) is 33.0 Å². The fourth-order valence-corrected chi connectivity index (χ4v) is 2.63. The lowest BCUT2D eigenvalue weighted by Gasteiger charge is -2.27. The van der Waals surface area contributed by atoms with Crippen molar-refractivity contribution >= 4 is 11.8 Å². The van der Waals surface area contributed by atoms with Crippen LogP contribution in [0.3, 0.4) is 0 Å². The van der Waals surface area contributed by atoms with Crippen molar-refractivity contribution in [3.63, 3.8) is 0 Å². The normalized spacial score (nSPS) is 13.9. The number of amides is 2. The van der Waals surface area contributed by atoms with Crippen LogP contribution < -0.4 is 9.47 Å². The Balaban J connectivity index is 1.87. The van der Waals surface area contributed by atoms with Gasteiger partial charge in [0.15, 0.2) is 5.69 Å². The van der Waals surface area contributed by atoms with Crippen LogP contribution in [0.5, 0.6) is 11.8 Å². The molecule has 0 aromatic carbocycles. The molecule has 3 rings (SSSR count). The Bertz CT molecular complexity index is 804. The van der Waals surface area contributed by atoms with E-state index in [1.807, 2.05) is 0 Å². The lowest BCUT2D eigenvalue weighted by Crippen LogP contribution is -2.45. The van der Waals surface area contributed by atoms with E-state index in [2.05, 4.69) is 10.1 Å². The Hall–Kier alpha value is -3.10. The number of methoxy groups -OCH3 is 2. The summed E-state index contributed by atoms with van der Waals surface area (Å²) in [5.41, 5.74) is 0.413. The number of carbonyl (C=O) groups excluding carboxylic acids is 2. The summed E-state index contributed by atoms with van der Waals surface area (Å²) in [5.74, 6) is 0.240. The average Bonchev–Trinajstić information content (AvgIpc) is 3.29. The van der Waals surface area contributed by atoms with Gasteiger partial charge in [0, 0.05) is 25.2 Å². The predicted octanol–water partition coefficient (Wildman–Crippen LogP) is 1.30. The van der Waals surface area contributed by atoms with E-state index in [1.54, 1.807) is 25.1 Å². The first kappa shape index (κ1) is 16.7. The Morgan fingerprint density at radius 2 is 1.84 bits per heavy atom. The molecule has 0 unspecified atom stereocenters. The number of pyridine rings is 1. The first-order chi connectivity index (χ1) is 12.0. The van der Waals surface area contributed by atoms with Crippen LogP contribution in [0.15, 0.2) is 22.7 Å². The molecule has 2 aromatic rings. The van der Waals surface area contributed by atoms with Crippen molar-refractivity contribution in [2.45, 2.75) is 13.3 Å². The third-order valence-corrected chi connectivity index (χ3v) is 3.81. The molecule has 2 aromatic heterocycles. The summed E-state index contributed by atoms with van der Waals surface area (Å²) in [6, 6.07) is 4.67. The molecule has 0 bridgehead atoms. The first-order valence-electron chi connectivity index (χ1n) is 7.71. The number of aryl methyl sites for hydroxylation is 1. The number of rotatable bonds is 4. The van der Waals surface area contributed by atoms with Crippen molar-refractivity contribution in [1.82, 2.24) is 20.2 Å². The van der Waals surface area contributed by atoms with Crippen molar-refractivity contribution in [2.24, 2.45) is 0 Å². The van der Waals surface area contributed by atoms with Gasteiger partial charge in [-0.3, -0.25) is 9.59 Å². The number of hydrazine groups is 1. The zero-order chi connectivity index (χ0) is 18.0. The van der Waals surface area contributed by atoms with Crippen molar-refractivity contribution in [3.05, 3.63) is 35.2 Å². The van der Waals surface area contributed by atoms with Crippen LogP contribution in [-0.2, 0) is 0 Å². The monoisotopic (exact) mass is 346 g/mol. The van der Waals surface area contributed by atoms with E-state index >= 15 is 0 Å². The lowest BCUT2D eigenvalue weighted by molar-refractivity contribution is 0.0177. The smallest absolute Gasteiger partial charge is 0.294 e. The molecule has 0 aliphatic carbocycles. The number of hydrogen-bond donors (Lipinski definition) is 0. The number of aromatic nitrogens is 2. The number of hydrogen-bond acceptors (Lipinski definition) is 7. The molecule has 0 atom stereocenters. The molecule has 0 saturated carbocycles. The number of nitrogens with zero attached hydrogens (tertiary/aromatic N) is 4. The third-order valence-electron chi connectivity index (χ3n) is 3.81. The Kier molecular flexibility index (Phi) is 4.55. The highest BCUT2D eigenvalue weighted by Crippen LogP contribution is 2.24. The van der Waals surface area contributed by atoms with Crippen LogP contribution in [0.25, 0.3) is 0 Å². The minimum absolute atomic E-state index is 0.140. The van der Waals surface area contributed by atoms with Gasteiger partial charge in [-0.15, -0.1) is 0 Å². The summed E-state index contributed by atoms with van der Waals surface area (Å²) in [5, 5.41) is 6.46. The van der Waals surface area contributed by atoms with Crippen molar-refractivity contribution < 1.29 is 23.6 Å². The largest absolute Gasteiger partial charge is 0.481 e. The quantitative estimate of drug-likeness (QED) is 0.823. The van der Waals surface area contributed by atoms with Crippen molar-refractivity contribution in [1.29, 1.82) is 0 Å². The topological polar surface area (TPSA) is 98.0 Å². The van der Waals surface area contributed by atoms with E-state index < -0.39 is 0 Å². The standard InChI is InChI=1S/C16H18N4O5/c1-10-9-12(18-25-10)16(22)20-8-4-7-19(20)15(21)11-5-6-13(23-2)17-14(11)24-3/h5-6,9H,4,7-8H2,1-3H3. The molecule has 0 N–H and O–H groups in total. The maximum absolute atomic E-state index is 12.9. The van der Waals surface area contributed by atoms with Gasteiger partial charge in [0.25, 0.3) is 11.8 Å². The van der Waals surface area contributed by atoms with Gasteiger partial charge < -0.3 is 14.0 Å². The van der Waals surface area contributed by atoms with E-state index in [1.165, 1.54) is 24.2 Å². The van der Waals surface area contributed by atoms with E-state index in [9.17, 15) is 9.59 Å². The molecule has 132 valence electrons. The lowest BCUT2D eigenvalue weighted by atomic mass is 10.2. The molecule has 0 radical (unpaired) electrons.